The maximum absolute atomic E-state index is 8.81. The summed E-state index contributed by atoms with van der Waals surface area (Å²) < 4.78 is 2.02. The summed E-state index contributed by atoms with van der Waals surface area (Å²) in [6, 6.07) is 12.8. The van der Waals surface area contributed by atoms with Gasteiger partial charge in [-0.25, -0.2) is 4.68 Å². The van der Waals surface area contributed by atoms with Crippen LogP contribution in [0.1, 0.15) is 42.6 Å². The molecular formula is C16H17N3. The monoisotopic (exact) mass is 251 g/mol. The van der Waals surface area contributed by atoms with Crippen molar-refractivity contribution in [3.05, 3.63) is 47.3 Å². The largest absolute Gasteiger partial charge is 0.237 e. The van der Waals surface area contributed by atoms with Crippen molar-refractivity contribution in [2.75, 3.05) is 0 Å². The van der Waals surface area contributed by atoms with E-state index in [4.69, 9.17) is 5.26 Å². The number of nitriles is 1. The van der Waals surface area contributed by atoms with Gasteiger partial charge in [-0.2, -0.15) is 10.4 Å². The quantitative estimate of drug-likeness (QED) is 0.836. The molecule has 0 N–H and O–H groups in total. The molecule has 1 aliphatic carbocycles. The zero-order chi connectivity index (χ0) is 13.2. The SMILES string of the molecule is CCc1ccc(-n2nc(CC#N)cc2C2CC2)cc1. The van der Waals surface area contributed by atoms with Crippen molar-refractivity contribution in [1.29, 1.82) is 5.26 Å². The van der Waals surface area contributed by atoms with Crippen molar-refractivity contribution in [2.24, 2.45) is 0 Å². The topological polar surface area (TPSA) is 41.6 Å². The number of aryl methyl sites for hydroxylation is 1. The molecule has 19 heavy (non-hydrogen) atoms. The van der Waals surface area contributed by atoms with E-state index in [1.807, 2.05) is 4.68 Å². The van der Waals surface area contributed by atoms with E-state index in [2.05, 4.69) is 48.4 Å². The van der Waals surface area contributed by atoms with Gasteiger partial charge >= 0.3 is 0 Å². The van der Waals surface area contributed by atoms with E-state index in [-0.39, 0.29) is 0 Å². The van der Waals surface area contributed by atoms with Gasteiger partial charge in [-0.05, 0) is 43.0 Å². The summed E-state index contributed by atoms with van der Waals surface area (Å²) in [5, 5.41) is 13.4. The molecule has 1 aromatic carbocycles. The fourth-order valence-corrected chi connectivity index (χ4v) is 2.36. The summed E-state index contributed by atoms with van der Waals surface area (Å²) in [6.45, 7) is 2.16. The van der Waals surface area contributed by atoms with Crippen LogP contribution in [-0.4, -0.2) is 9.78 Å². The minimum Gasteiger partial charge on any atom is -0.237 e. The van der Waals surface area contributed by atoms with Crippen molar-refractivity contribution >= 4 is 0 Å². The van der Waals surface area contributed by atoms with E-state index in [9.17, 15) is 0 Å². The molecule has 2 aromatic rings. The second-order valence-electron chi connectivity index (χ2n) is 5.10. The Morgan fingerprint density at radius 1 is 1.32 bits per heavy atom. The Balaban J connectivity index is 1.99. The molecule has 0 aliphatic heterocycles. The van der Waals surface area contributed by atoms with Crippen LogP contribution in [0.25, 0.3) is 5.69 Å². The summed E-state index contributed by atoms with van der Waals surface area (Å²) >= 11 is 0. The van der Waals surface area contributed by atoms with E-state index in [1.165, 1.54) is 24.1 Å². The van der Waals surface area contributed by atoms with E-state index in [1.54, 1.807) is 0 Å². The van der Waals surface area contributed by atoms with Gasteiger partial charge in [0, 0.05) is 11.6 Å². The van der Waals surface area contributed by atoms with Crippen molar-refractivity contribution in [1.82, 2.24) is 9.78 Å². The Labute approximate surface area is 113 Å². The van der Waals surface area contributed by atoms with Crippen molar-refractivity contribution in [2.45, 2.75) is 38.5 Å². The van der Waals surface area contributed by atoms with Crippen LogP contribution >= 0.6 is 0 Å². The smallest absolute Gasteiger partial charge is 0.0793 e. The Bertz CT molecular complexity index is 612. The zero-order valence-corrected chi connectivity index (χ0v) is 11.1. The molecule has 1 aromatic heterocycles. The second kappa shape index (κ2) is 4.89. The van der Waals surface area contributed by atoms with Crippen LogP contribution in [-0.2, 0) is 12.8 Å². The lowest BCUT2D eigenvalue weighted by Gasteiger charge is -2.07. The molecule has 0 unspecified atom stereocenters. The van der Waals surface area contributed by atoms with Gasteiger partial charge in [-0.3, -0.25) is 0 Å². The summed E-state index contributed by atoms with van der Waals surface area (Å²) in [4.78, 5) is 0. The van der Waals surface area contributed by atoms with E-state index < -0.39 is 0 Å². The predicted molar refractivity (Wildman–Crippen MR) is 74.2 cm³/mol. The fraction of sp³-hybridized carbons (Fsp3) is 0.375. The van der Waals surface area contributed by atoms with Crippen molar-refractivity contribution in [3.63, 3.8) is 0 Å². The van der Waals surface area contributed by atoms with Gasteiger partial charge in [-0.1, -0.05) is 19.1 Å². The van der Waals surface area contributed by atoms with E-state index >= 15 is 0 Å². The number of benzene rings is 1. The molecule has 0 spiro atoms. The molecule has 0 radical (unpaired) electrons. The third-order valence-corrected chi connectivity index (χ3v) is 3.63. The summed E-state index contributed by atoms with van der Waals surface area (Å²) in [5.41, 5.74) is 4.57. The lowest BCUT2D eigenvalue weighted by Crippen LogP contribution is -2.01. The fourth-order valence-electron chi connectivity index (χ4n) is 2.36. The Kier molecular flexibility index (Phi) is 3.08. The maximum atomic E-state index is 8.81. The molecule has 0 amide bonds. The van der Waals surface area contributed by atoms with Crippen LogP contribution < -0.4 is 0 Å². The van der Waals surface area contributed by atoms with Crippen LogP contribution in [0, 0.1) is 11.3 Å². The maximum Gasteiger partial charge on any atom is 0.0793 e. The van der Waals surface area contributed by atoms with Gasteiger partial charge in [0.25, 0.3) is 0 Å². The molecular weight excluding hydrogens is 234 g/mol. The highest BCUT2D eigenvalue weighted by Gasteiger charge is 2.28. The Morgan fingerprint density at radius 2 is 2.05 bits per heavy atom. The highest BCUT2D eigenvalue weighted by Crippen LogP contribution is 2.41. The van der Waals surface area contributed by atoms with Crippen molar-refractivity contribution < 1.29 is 0 Å². The van der Waals surface area contributed by atoms with Crippen LogP contribution in [0.2, 0.25) is 0 Å². The molecule has 1 aliphatic rings. The van der Waals surface area contributed by atoms with Crippen LogP contribution in [0.15, 0.2) is 30.3 Å². The first-order valence-corrected chi connectivity index (χ1v) is 6.87. The van der Waals surface area contributed by atoms with Gasteiger partial charge in [0.1, 0.15) is 0 Å². The average Bonchev–Trinajstić information content (AvgIpc) is 3.21. The molecule has 1 fully saturated rings. The first-order chi connectivity index (χ1) is 9.31. The zero-order valence-electron chi connectivity index (χ0n) is 11.1. The third-order valence-electron chi connectivity index (χ3n) is 3.63. The minimum atomic E-state index is 0.389. The molecule has 3 heteroatoms. The standard InChI is InChI=1S/C16H17N3/c1-2-12-3-7-15(8-4-12)19-16(13-5-6-13)11-14(18-19)9-10-17/h3-4,7-8,11,13H,2,5-6,9H2,1H3. The summed E-state index contributed by atoms with van der Waals surface area (Å²) in [6.07, 6.45) is 3.92. The lowest BCUT2D eigenvalue weighted by atomic mass is 10.1. The van der Waals surface area contributed by atoms with Gasteiger partial charge in [0.2, 0.25) is 0 Å². The first kappa shape index (κ1) is 12.0. The van der Waals surface area contributed by atoms with Crippen LogP contribution in [0.5, 0.6) is 0 Å². The number of hydrogen-bond donors (Lipinski definition) is 0. The summed E-state index contributed by atoms with van der Waals surface area (Å²) in [7, 11) is 0. The van der Waals surface area contributed by atoms with E-state index in [0.717, 1.165) is 17.8 Å². The second-order valence-corrected chi connectivity index (χ2v) is 5.10. The van der Waals surface area contributed by atoms with Gasteiger partial charge < -0.3 is 0 Å². The van der Waals surface area contributed by atoms with Crippen LogP contribution in [0.3, 0.4) is 0 Å². The third kappa shape index (κ3) is 2.39. The van der Waals surface area contributed by atoms with E-state index in [0.29, 0.717) is 12.3 Å². The predicted octanol–water partition coefficient (Wildman–Crippen LogP) is 3.38. The molecule has 0 atom stereocenters. The number of nitrogens with zero attached hydrogens (tertiary/aromatic N) is 3. The normalized spacial score (nSPS) is 14.3. The highest BCUT2D eigenvalue weighted by atomic mass is 15.3. The van der Waals surface area contributed by atoms with Crippen LogP contribution in [0.4, 0.5) is 0 Å². The molecule has 0 saturated heterocycles. The summed E-state index contributed by atoms with van der Waals surface area (Å²) in [5.74, 6) is 0.630. The van der Waals surface area contributed by atoms with Gasteiger partial charge in [0.15, 0.2) is 0 Å². The molecule has 0 bridgehead atoms. The van der Waals surface area contributed by atoms with Gasteiger partial charge in [0.05, 0.1) is 23.9 Å². The highest BCUT2D eigenvalue weighted by molar-refractivity contribution is 5.38. The molecule has 1 heterocycles. The average molecular weight is 251 g/mol. The van der Waals surface area contributed by atoms with Crippen molar-refractivity contribution in [3.8, 4) is 11.8 Å². The minimum absolute atomic E-state index is 0.389. The first-order valence-electron chi connectivity index (χ1n) is 6.87. The molecule has 3 rings (SSSR count). The number of rotatable bonds is 4. The van der Waals surface area contributed by atoms with Gasteiger partial charge in [-0.15, -0.1) is 0 Å². The lowest BCUT2D eigenvalue weighted by molar-refractivity contribution is 0.794. The molecule has 3 nitrogen and oxygen atoms in total. The Morgan fingerprint density at radius 3 is 2.63 bits per heavy atom. The molecule has 1 saturated carbocycles. The number of aromatic nitrogens is 2. The number of hydrogen-bond acceptors (Lipinski definition) is 2. The Hall–Kier alpha value is -2.08. The molecule has 96 valence electrons.